The molecule has 0 bridgehead atoms. The Morgan fingerprint density at radius 2 is 1.92 bits per heavy atom. The Hall–Kier alpha value is -1.60. The fourth-order valence-corrected chi connectivity index (χ4v) is 5.17. The van der Waals surface area contributed by atoms with E-state index in [1.54, 1.807) is 6.07 Å². The quantitative estimate of drug-likeness (QED) is 0.865. The van der Waals surface area contributed by atoms with Crippen LogP contribution in [0.25, 0.3) is 0 Å². The topological polar surface area (TPSA) is 72.6 Å². The van der Waals surface area contributed by atoms with E-state index in [0.29, 0.717) is 25.4 Å². The van der Waals surface area contributed by atoms with Gasteiger partial charge >= 0.3 is 0 Å². The maximum Gasteiger partial charge on any atom is 0.243 e. The molecule has 0 unspecified atom stereocenters. The summed E-state index contributed by atoms with van der Waals surface area (Å²) in [6, 6.07) is 14.4. The molecular formula is C18H21ClN2O3S. The Morgan fingerprint density at radius 3 is 2.52 bits per heavy atom. The average molecular weight is 381 g/mol. The number of benzene rings is 2. The third-order valence-electron chi connectivity index (χ3n) is 4.70. The maximum atomic E-state index is 13.0. The summed E-state index contributed by atoms with van der Waals surface area (Å²) in [6.07, 6.45) is 0. The zero-order valence-corrected chi connectivity index (χ0v) is 15.5. The molecule has 7 heteroatoms. The largest absolute Gasteiger partial charge is 0.495 e. The Labute approximate surface area is 153 Å². The molecule has 25 heavy (non-hydrogen) atoms. The Kier molecular flexibility index (Phi) is 5.34. The van der Waals surface area contributed by atoms with Crippen LogP contribution in [0.2, 0.25) is 5.02 Å². The summed E-state index contributed by atoms with van der Waals surface area (Å²) in [4.78, 5) is 0.169. The van der Waals surface area contributed by atoms with Crippen LogP contribution in [-0.4, -0.2) is 39.5 Å². The van der Waals surface area contributed by atoms with Gasteiger partial charge in [-0.2, -0.15) is 4.31 Å². The van der Waals surface area contributed by atoms with Crippen molar-refractivity contribution in [1.82, 2.24) is 4.31 Å². The highest BCUT2D eigenvalue weighted by Crippen LogP contribution is 2.36. The van der Waals surface area contributed by atoms with Crippen LogP contribution in [0.3, 0.4) is 0 Å². The van der Waals surface area contributed by atoms with Crippen LogP contribution >= 0.6 is 11.6 Å². The first-order valence-electron chi connectivity index (χ1n) is 8.06. The molecule has 1 heterocycles. The second-order valence-electron chi connectivity index (χ2n) is 6.13. The van der Waals surface area contributed by atoms with E-state index < -0.39 is 10.0 Å². The Morgan fingerprint density at radius 1 is 1.20 bits per heavy atom. The fourth-order valence-electron chi connectivity index (χ4n) is 3.30. The minimum Gasteiger partial charge on any atom is -0.495 e. The maximum absolute atomic E-state index is 13.0. The summed E-state index contributed by atoms with van der Waals surface area (Å²) in [6.45, 7) is 1.26. The van der Waals surface area contributed by atoms with Gasteiger partial charge in [0, 0.05) is 19.0 Å². The van der Waals surface area contributed by atoms with Gasteiger partial charge in [0.2, 0.25) is 10.0 Å². The van der Waals surface area contributed by atoms with Crippen LogP contribution in [0.1, 0.15) is 11.5 Å². The third kappa shape index (κ3) is 3.53. The molecule has 0 saturated carbocycles. The molecule has 0 aromatic heterocycles. The average Bonchev–Trinajstić information content (AvgIpc) is 3.07. The van der Waals surface area contributed by atoms with Crippen LogP contribution in [0.4, 0.5) is 0 Å². The SMILES string of the molecule is COc1ccc(S(=O)(=O)N2C[C@@H](CN)[C@H](c3ccccc3)C2)cc1Cl. The lowest BCUT2D eigenvalue weighted by Crippen LogP contribution is -2.30. The lowest BCUT2D eigenvalue weighted by molar-refractivity contribution is 0.414. The second kappa shape index (κ2) is 7.33. The molecule has 2 aromatic rings. The summed E-state index contributed by atoms with van der Waals surface area (Å²) in [5.74, 6) is 0.629. The third-order valence-corrected chi connectivity index (χ3v) is 6.82. The van der Waals surface area contributed by atoms with Crippen molar-refractivity contribution in [3.05, 3.63) is 59.1 Å². The molecule has 3 rings (SSSR count). The molecule has 1 aliphatic rings. The monoisotopic (exact) mass is 380 g/mol. The van der Waals surface area contributed by atoms with Crippen LogP contribution in [0, 0.1) is 5.92 Å². The number of methoxy groups -OCH3 is 1. The van der Waals surface area contributed by atoms with Crippen molar-refractivity contribution in [2.24, 2.45) is 11.7 Å². The van der Waals surface area contributed by atoms with Crippen molar-refractivity contribution >= 4 is 21.6 Å². The number of nitrogens with zero attached hydrogens (tertiary/aromatic N) is 1. The van der Waals surface area contributed by atoms with Crippen LogP contribution in [0.15, 0.2) is 53.4 Å². The lowest BCUT2D eigenvalue weighted by atomic mass is 9.89. The highest BCUT2D eigenvalue weighted by molar-refractivity contribution is 7.89. The zero-order chi connectivity index (χ0) is 18.0. The molecule has 0 amide bonds. The van der Waals surface area contributed by atoms with Crippen molar-refractivity contribution in [2.75, 3.05) is 26.7 Å². The second-order valence-corrected chi connectivity index (χ2v) is 8.48. The standard InChI is InChI=1S/C18H21ClN2O3S/c1-24-18-8-7-15(9-17(18)19)25(22,23)21-11-14(10-20)16(12-21)13-5-3-2-4-6-13/h2-9,14,16H,10-12,20H2,1H3/t14-,16+/m1/s1. The first kappa shape index (κ1) is 18.2. The minimum atomic E-state index is -3.63. The first-order chi connectivity index (χ1) is 12.0. The van der Waals surface area contributed by atoms with Crippen LogP contribution in [-0.2, 0) is 10.0 Å². The number of rotatable bonds is 5. The molecule has 1 saturated heterocycles. The molecule has 1 aliphatic heterocycles. The first-order valence-corrected chi connectivity index (χ1v) is 9.88. The Balaban J connectivity index is 1.89. The van der Waals surface area contributed by atoms with Gasteiger partial charge in [-0.1, -0.05) is 41.9 Å². The van der Waals surface area contributed by atoms with Gasteiger partial charge in [-0.3, -0.25) is 0 Å². The zero-order valence-electron chi connectivity index (χ0n) is 13.9. The van der Waals surface area contributed by atoms with E-state index in [1.165, 1.54) is 23.5 Å². The molecular weight excluding hydrogens is 360 g/mol. The van der Waals surface area contributed by atoms with Crippen LogP contribution in [0.5, 0.6) is 5.75 Å². The van der Waals surface area contributed by atoms with Crippen LogP contribution < -0.4 is 10.5 Å². The summed E-state index contributed by atoms with van der Waals surface area (Å²) < 4.78 is 32.6. The van der Waals surface area contributed by atoms with E-state index in [4.69, 9.17) is 22.1 Å². The van der Waals surface area contributed by atoms with E-state index in [9.17, 15) is 8.42 Å². The van der Waals surface area contributed by atoms with Gasteiger partial charge in [0.25, 0.3) is 0 Å². The van der Waals surface area contributed by atoms with E-state index in [2.05, 4.69) is 0 Å². The number of hydrogen-bond acceptors (Lipinski definition) is 4. The highest BCUT2D eigenvalue weighted by Gasteiger charge is 2.39. The number of hydrogen-bond donors (Lipinski definition) is 1. The predicted octanol–water partition coefficient (Wildman–Crippen LogP) is 2.71. The summed E-state index contributed by atoms with van der Waals surface area (Å²) in [7, 11) is -2.14. The van der Waals surface area contributed by atoms with Crippen molar-refractivity contribution in [2.45, 2.75) is 10.8 Å². The van der Waals surface area contributed by atoms with Gasteiger partial charge < -0.3 is 10.5 Å². The van der Waals surface area contributed by atoms with Gasteiger partial charge in [-0.15, -0.1) is 0 Å². The molecule has 134 valence electrons. The van der Waals surface area contributed by atoms with Gasteiger partial charge in [0.05, 0.1) is 17.0 Å². The van der Waals surface area contributed by atoms with Crippen molar-refractivity contribution < 1.29 is 13.2 Å². The normalized spacial score (nSPS) is 21.4. The summed E-state index contributed by atoms with van der Waals surface area (Å²) in [5.41, 5.74) is 7.02. The molecule has 0 aliphatic carbocycles. The highest BCUT2D eigenvalue weighted by atomic mass is 35.5. The van der Waals surface area contributed by atoms with E-state index in [-0.39, 0.29) is 21.8 Å². The number of nitrogens with two attached hydrogens (primary N) is 1. The smallest absolute Gasteiger partial charge is 0.243 e. The number of sulfonamides is 1. The molecule has 2 atom stereocenters. The van der Waals surface area contributed by atoms with Crippen molar-refractivity contribution in [1.29, 1.82) is 0 Å². The molecule has 0 radical (unpaired) electrons. The minimum absolute atomic E-state index is 0.0888. The van der Waals surface area contributed by atoms with Crippen molar-refractivity contribution in [3.8, 4) is 5.75 Å². The van der Waals surface area contributed by atoms with Gasteiger partial charge in [-0.05, 0) is 36.2 Å². The van der Waals surface area contributed by atoms with Gasteiger partial charge in [0.15, 0.2) is 0 Å². The number of halogens is 1. The predicted molar refractivity (Wildman–Crippen MR) is 98.5 cm³/mol. The summed E-state index contributed by atoms with van der Waals surface area (Å²) >= 11 is 6.09. The molecule has 5 nitrogen and oxygen atoms in total. The fraction of sp³-hybridized carbons (Fsp3) is 0.333. The van der Waals surface area contributed by atoms with E-state index in [1.807, 2.05) is 30.3 Å². The van der Waals surface area contributed by atoms with Gasteiger partial charge in [0.1, 0.15) is 5.75 Å². The van der Waals surface area contributed by atoms with E-state index in [0.717, 1.165) is 5.56 Å². The Bertz CT molecular complexity index is 843. The van der Waals surface area contributed by atoms with Crippen molar-refractivity contribution in [3.63, 3.8) is 0 Å². The van der Waals surface area contributed by atoms with Gasteiger partial charge in [-0.25, -0.2) is 8.42 Å². The molecule has 2 aromatic carbocycles. The molecule has 0 spiro atoms. The summed E-state index contributed by atoms with van der Waals surface area (Å²) in [5, 5.41) is 0.276. The van der Waals surface area contributed by atoms with E-state index >= 15 is 0 Å². The number of ether oxygens (including phenoxy) is 1. The molecule has 2 N–H and O–H groups in total. The molecule has 1 fully saturated rings. The lowest BCUT2D eigenvalue weighted by Gasteiger charge is -2.17.